The van der Waals surface area contributed by atoms with E-state index < -0.39 is 0 Å². The second-order valence-corrected chi connectivity index (χ2v) is 4.94. The van der Waals surface area contributed by atoms with Gasteiger partial charge in [-0.1, -0.05) is 13.0 Å². The van der Waals surface area contributed by atoms with Gasteiger partial charge in [-0.2, -0.15) is 5.10 Å². The molecule has 1 aromatic carbocycles. The van der Waals surface area contributed by atoms with Crippen LogP contribution < -0.4 is 5.32 Å². The SMILES string of the molecule is CCCNCc1cc(-c2cnn(CC)c2C)ccc1F. The summed E-state index contributed by atoms with van der Waals surface area (Å²) in [5, 5.41) is 7.59. The van der Waals surface area contributed by atoms with E-state index in [-0.39, 0.29) is 5.82 Å². The normalized spacial score (nSPS) is 11.0. The summed E-state index contributed by atoms with van der Waals surface area (Å²) < 4.78 is 15.8. The van der Waals surface area contributed by atoms with Crippen LogP contribution in [0.4, 0.5) is 4.39 Å². The van der Waals surface area contributed by atoms with Crippen molar-refractivity contribution in [3.8, 4) is 11.1 Å². The predicted octanol–water partition coefficient (Wildman–Crippen LogP) is 3.52. The van der Waals surface area contributed by atoms with Crippen molar-refractivity contribution in [1.82, 2.24) is 15.1 Å². The molecule has 0 amide bonds. The minimum Gasteiger partial charge on any atom is -0.313 e. The van der Waals surface area contributed by atoms with Crippen molar-refractivity contribution in [3.63, 3.8) is 0 Å². The monoisotopic (exact) mass is 275 g/mol. The van der Waals surface area contributed by atoms with Gasteiger partial charge in [0.1, 0.15) is 5.82 Å². The third-order valence-electron chi connectivity index (χ3n) is 3.50. The Morgan fingerprint density at radius 3 is 2.75 bits per heavy atom. The Kier molecular flexibility index (Phi) is 4.90. The topological polar surface area (TPSA) is 29.9 Å². The highest BCUT2D eigenvalue weighted by atomic mass is 19.1. The van der Waals surface area contributed by atoms with Crippen LogP contribution in [-0.4, -0.2) is 16.3 Å². The molecule has 0 unspecified atom stereocenters. The molecule has 0 saturated carbocycles. The number of benzene rings is 1. The van der Waals surface area contributed by atoms with Crippen LogP contribution in [-0.2, 0) is 13.1 Å². The molecule has 3 nitrogen and oxygen atoms in total. The molecule has 0 fully saturated rings. The van der Waals surface area contributed by atoms with Crippen LogP contribution in [0, 0.1) is 12.7 Å². The van der Waals surface area contributed by atoms with Crippen LogP contribution in [0.3, 0.4) is 0 Å². The van der Waals surface area contributed by atoms with Gasteiger partial charge in [0, 0.05) is 29.9 Å². The Balaban J connectivity index is 2.28. The van der Waals surface area contributed by atoms with Crippen LogP contribution in [0.15, 0.2) is 24.4 Å². The summed E-state index contributed by atoms with van der Waals surface area (Å²) in [6, 6.07) is 5.28. The highest BCUT2D eigenvalue weighted by Crippen LogP contribution is 2.25. The van der Waals surface area contributed by atoms with Gasteiger partial charge in [0.15, 0.2) is 0 Å². The van der Waals surface area contributed by atoms with Crippen molar-refractivity contribution < 1.29 is 4.39 Å². The molecule has 0 saturated heterocycles. The second kappa shape index (κ2) is 6.66. The molecule has 1 aromatic heterocycles. The number of hydrogen-bond acceptors (Lipinski definition) is 2. The number of halogens is 1. The number of nitrogens with zero attached hydrogens (tertiary/aromatic N) is 2. The maximum absolute atomic E-state index is 13.8. The van der Waals surface area contributed by atoms with Crippen LogP contribution in [0.2, 0.25) is 0 Å². The molecule has 20 heavy (non-hydrogen) atoms. The fourth-order valence-corrected chi connectivity index (χ4v) is 2.33. The van der Waals surface area contributed by atoms with E-state index in [4.69, 9.17) is 0 Å². The molecule has 1 N–H and O–H groups in total. The zero-order chi connectivity index (χ0) is 14.5. The lowest BCUT2D eigenvalue weighted by Gasteiger charge is -2.08. The lowest BCUT2D eigenvalue weighted by atomic mass is 10.0. The van der Waals surface area contributed by atoms with E-state index in [2.05, 4.69) is 24.3 Å². The van der Waals surface area contributed by atoms with Crippen molar-refractivity contribution in [2.45, 2.75) is 40.3 Å². The minimum absolute atomic E-state index is 0.155. The third kappa shape index (κ3) is 3.07. The minimum atomic E-state index is -0.155. The lowest BCUT2D eigenvalue weighted by Crippen LogP contribution is -2.14. The zero-order valence-electron chi connectivity index (χ0n) is 12.4. The average Bonchev–Trinajstić information content (AvgIpc) is 2.82. The molecule has 0 aliphatic rings. The van der Waals surface area contributed by atoms with E-state index in [1.54, 1.807) is 6.07 Å². The summed E-state index contributed by atoms with van der Waals surface area (Å²) in [6.07, 6.45) is 2.90. The van der Waals surface area contributed by atoms with E-state index in [1.807, 2.05) is 29.9 Å². The molecule has 108 valence electrons. The van der Waals surface area contributed by atoms with E-state index in [0.29, 0.717) is 12.1 Å². The number of rotatable bonds is 6. The van der Waals surface area contributed by atoms with Crippen LogP contribution in [0.1, 0.15) is 31.5 Å². The first-order valence-electron chi connectivity index (χ1n) is 7.19. The quantitative estimate of drug-likeness (QED) is 0.817. The summed E-state index contributed by atoms with van der Waals surface area (Å²) in [5.41, 5.74) is 3.92. The number of aromatic nitrogens is 2. The molecular weight excluding hydrogens is 253 g/mol. The molecule has 2 aromatic rings. The molecule has 2 rings (SSSR count). The molecule has 0 bridgehead atoms. The van der Waals surface area contributed by atoms with E-state index in [1.165, 1.54) is 0 Å². The zero-order valence-corrected chi connectivity index (χ0v) is 12.4. The van der Waals surface area contributed by atoms with Crippen LogP contribution in [0.5, 0.6) is 0 Å². The van der Waals surface area contributed by atoms with Crippen LogP contribution in [0.25, 0.3) is 11.1 Å². The first-order valence-corrected chi connectivity index (χ1v) is 7.19. The van der Waals surface area contributed by atoms with Gasteiger partial charge in [0.05, 0.1) is 6.20 Å². The molecule has 0 atom stereocenters. The molecule has 0 radical (unpaired) electrons. The first-order chi connectivity index (χ1) is 9.67. The number of hydrogen-bond donors (Lipinski definition) is 1. The summed E-state index contributed by atoms with van der Waals surface area (Å²) in [7, 11) is 0. The van der Waals surface area contributed by atoms with E-state index in [0.717, 1.165) is 36.3 Å². The van der Waals surface area contributed by atoms with Crippen molar-refractivity contribution >= 4 is 0 Å². The fraction of sp³-hybridized carbons (Fsp3) is 0.438. The van der Waals surface area contributed by atoms with E-state index >= 15 is 0 Å². The Morgan fingerprint density at radius 1 is 1.30 bits per heavy atom. The third-order valence-corrected chi connectivity index (χ3v) is 3.50. The molecule has 0 aliphatic heterocycles. The summed E-state index contributed by atoms with van der Waals surface area (Å²) in [6.45, 7) is 8.52. The predicted molar refractivity (Wildman–Crippen MR) is 80.0 cm³/mol. The average molecular weight is 275 g/mol. The van der Waals surface area contributed by atoms with Gasteiger partial charge >= 0.3 is 0 Å². The van der Waals surface area contributed by atoms with Crippen molar-refractivity contribution in [2.75, 3.05) is 6.54 Å². The maximum Gasteiger partial charge on any atom is 0.127 e. The highest BCUT2D eigenvalue weighted by Gasteiger charge is 2.10. The van der Waals surface area contributed by atoms with Gasteiger partial charge in [-0.25, -0.2) is 4.39 Å². The molecule has 1 heterocycles. The fourth-order valence-electron chi connectivity index (χ4n) is 2.33. The molecule has 0 spiro atoms. The smallest absolute Gasteiger partial charge is 0.127 e. The second-order valence-electron chi connectivity index (χ2n) is 4.94. The standard InChI is InChI=1S/C16H22FN3/c1-4-8-18-10-14-9-13(6-7-16(14)17)15-11-19-20(5-2)12(15)3/h6-7,9,11,18H,4-5,8,10H2,1-3H3. The molecule has 4 heteroatoms. The van der Waals surface area contributed by atoms with Gasteiger partial charge < -0.3 is 5.32 Å². The van der Waals surface area contributed by atoms with Gasteiger partial charge in [-0.15, -0.1) is 0 Å². The Bertz CT molecular complexity index is 575. The summed E-state index contributed by atoms with van der Waals surface area (Å²) >= 11 is 0. The van der Waals surface area contributed by atoms with Crippen LogP contribution >= 0.6 is 0 Å². The van der Waals surface area contributed by atoms with Gasteiger partial charge in [0.25, 0.3) is 0 Å². The molecular formula is C16H22FN3. The number of aryl methyl sites for hydroxylation is 1. The summed E-state index contributed by atoms with van der Waals surface area (Å²) in [4.78, 5) is 0. The van der Waals surface area contributed by atoms with Crippen molar-refractivity contribution in [3.05, 3.63) is 41.5 Å². The number of nitrogens with one attached hydrogen (secondary N) is 1. The lowest BCUT2D eigenvalue weighted by molar-refractivity contribution is 0.587. The highest BCUT2D eigenvalue weighted by molar-refractivity contribution is 5.66. The molecule has 0 aliphatic carbocycles. The van der Waals surface area contributed by atoms with Gasteiger partial charge in [-0.05, 0) is 44.5 Å². The van der Waals surface area contributed by atoms with Gasteiger partial charge in [0.2, 0.25) is 0 Å². The van der Waals surface area contributed by atoms with Gasteiger partial charge in [-0.3, -0.25) is 4.68 Å². The Hall–Kier alpha value is -1.68. The first kappa shape index (κ1) is 14.7. The maximum atomic E-state index is 13.8. The van der Waals surface area contributed by atoms with E-state index in [9.17, 15) is 4.39 Å². The van der Waals surface area contributed by atoms with Crippen molar-refractivity contribution in [2.24, 2.45) is 0 Å². The largest absolute Gasteiger partial charge is 0.313 e. The Labute approximate surface area is 119 Å². The summed E-state index contributed by atoms with van der Waals surface area (Å²) in [5.74, 6) is -0.155. The Morgan fingerprint density at radius 2 is 2.10 bits per heavy atom. The van der Waals surface area contributed by atoms with Crippen molar-refractivity contribution in [1.29, 1.82) is 0 Å².